The first-order valence-corrected chi connectivity index (χ1v) is 9.25. The number of hydrogen-bond acceptors (Lipinski definition) is 6. The molecule has 1 aliphatic carbocycles. The van der Waals surface area contributed by atoms with Crippen LogP contribution in [-0.2, 0) is 12.8 Å². The van der Waals surface area contributed by atoms with E-state index in [0.717, 1.165) is 29.9 Å². The summed E-state index contributed by atoms with van der Waals surface area (Å²) in [5.41, 5.74) is 11.6. The smallest absolute Gasteiger partial charge is 0.261 e. The lowest BCUT2D eigenvalue weighted by molar-refractivity contribution is 0.0965. The van der Waals surface area contributed by atoms with Crippen LogP contribution in [0.3, 0.4) is 0 Å². The third kappa shape index (κ3) is 2.69. The summed E-state index contributed by atoms with van der Waals surface area (Å²) in [4.78, 5) is 17.1. The van der Waals surface area contributed by atoms with Crippen LogP contribution < -0.4 is 20.9 Å². The number of hydrazine groups is 1. The van der Waals surface area contributed by atoms with Gasteiger partial charge in [-0.2, -0.15) is 5.10 Å². The molecular formula is C20H20N6O2. The number of hydrogen-bond donors (Lipinski definition) is 3. The van der Waals surface area contributed by atoms with E-state index in [0.29, 0.717) is 11.2 Å². The molecule has 28 heavy (non-hydrogen) atoms. The first kappa shape index (κ1) is 16.8. The zero-order valence-electron chi connectivity index (χ0n) is 15.4. The van der Waals surface area contributed by atoms with E-state index in [1.807, 2.05) is 0 Å². The fraction of sp³-hybridized carbons (Fsp3) is 0.250. The van der Waals surface area contributed by atoms with E-state index < -0.39 is 0 Å². The van der Waals surface area contributed by atoms with Crippen molar-refractivity contribution in [2.45, 2.75) is 25.3 Å². The third-order valence-corrected chi connectivity index (χ3v) is 5.30. The van der Waals surface area contributed by atoms with Crippen molar-refractivity contribution in [1.82, 2.24) is 30.8 Å². The lowest BCUT2D eigenvalue weighted by atomic mass is 9.98. The minimum absolute atomic E-state index is 0.223. The van der Waals surface area contributed by atoms with Crippen molar-refractivity contribution in [3.05, 3.63) is 70.9 Å². The second-order valence-corrected chi connectivity index (χ2v) is 6.94. The summed E-state index contributed by atoms with van der Waals surface area (Å²) in [6.07, 6.45) is 10.0. The molecule has 5 rings (SSSR count). The molecule has 2 aliphatic rings. The van der Waals surface area contributed by atoms with Crippen LogP contribution in [0.2, 0.25) is 0 Å². The molecular weight excluding hydrogens is 356 g/mol. The number of carbonyl (C=O) groups is 1. The van der Waals surface area contributed by atoms with Gasteiger partial charge in [0.05, 0.1) is 25.0 Å². The minimum Gasteiger partial charge on any atom is -0.496 e. The lowest BCUT2D eigenvalue weighted by Gasteiger charge is -2.20. The first-order chi connectivity index (χ1) is 13.7. The summed E-state index contributed by atoms with van der Waals surface area (Å²) in [5, 5.41) is 7.17. The van der Waals surface area contributed by atoms with Crippen molar-refractivity contribution < 1.29 is 9.53 Å². The van der Waals surface area contributed by atoms with E-state index in [2.05, 4.69) is 38.4 Å². The number of nitrogens with one attached hydrogen (secondary N) is 3. The van der Waals surface area contributed by atoms with Crippen LogP contribution in [0, 0.1) is 0 Å². The molecule has 3 aromatic rings. The van der Waals surface area contributed by atoms with E-state index in [4.69, 9.17) is 4.74 Å². The molecule has 1 amide bonds. The summed E-state index contributed by atoms with van der Waals surface area (Å²) in [5.74, 6) is 0.565. The molecule has 1 atom stereocenters. The number of methoxy groups -OCH3 is 1. The van der Waals surface area contributed by atoms with Crippen molar-refractivity contribution in [1.29, 1.82) is 0 Å². The van der Waals surface area contributed by atoms with Crippen molar-refractivity contribution in [3.63, 3.8) is 0 Å². The van der Waals surface area contributed by atoms with Crippen molar-refractivity contribution in [2.75, 3.05) is 7.11 Å². The lowest BCUT2D eigenvalue weighted by Crippen LogP contribution is -2.31. The highest BCUT2D eigenvalue weighted by atomic mass is 16.5. The van der Waals surface area contributed by atoms with Crippen LogP contribution in [0.1, 0.15) is 39.5 Å². The van der Waals surface area contributed by atoms with Crippen molar-refractivity contribution >= 4 is 11.6 Å². The van der Waals surface area contributed by atoms with E-state index in [1.165, 1.54) is 23.7 Å². The van der Waals surface area contributed by atoms with Crippen LogP contribution >= 0.6 is 0 Å². The molecule has 8 nitrogen and oxygen atoms in total. The number of nitrogens with zero attached hydrogens (tertiary/aromatic N) is 3. The summed E-state index contributed by atoms with van der Waals surface area (Å²) >= 11 is 0. The second kappa shape index (κ2) is 6.65. The van der Waals surface area contributed by atoms with Gasteiger partial charge in [0.1, 0.15) is 11.3 Å². The maximum Gasteiger partial charge on any atom is 0.261 e. The second-order valence-electron chi connectivity index (χ2n) is 6.94. The summed E-state index contributed by atoms with van der Waals surface area (Å²) in [7, 11) is 1.68. The normalized spacial score (nSPS) is 17.9. The standard InChI is InChI=1S/C20H20N6O2/c1-28-17-9-13-5-2-4-12(13)8-14(17)18-16(11-22-25-18)24-20(27)15-10-23-26-7-3-6-21-19(15)26/h3,6-11,18,22,25H,2,4-5H2,1H3,(H,24,27). The summed E-state index contributed by atoms with van der Waals surface area (Å²) in [6.45, 7) is 0. The highest BCUT2D eigenvalue weighted by molar-refractivity contribution is 6.00. The van der Waals surface area contributed by atoms with Crippen LogP contribution in [0.15, 0.2) is 48.7 Å². The molecule has 0 fully saturated rings. The Balaban J connectivity index is 1.44. The van der Waals surface area contributed by atoms with Gasteiger partial charge in [-0.1, -0.05) is 0 Å². The number of benzene rings is 1. The molecule has 0 saturated heterocycles. The molecule has 0 bridgehead atoms. The van der Waals surface area contributed by atoms with Crippen LogP contribution in [0.25, 0.3) is 5.65 Å². The van der Waals surface area contributed by atoms with Crippen LogP contribution in [0.5, 0.6) is 5.75 Å². The maximum absolute atomic E-state index is 12.9. The Morgan fingerprint density at radius 3 is 3.04 bits per heavy atom. The highest BCUT2D eigenvalue weighted by Gasteiger charge is 2.28. The van der Waals surface area contributed by atoms with E-state index >= 15 is 0 Å². The Kier molecular flexibility index (Phi) is 3.98. The Bertz CT molecular complexity index is 1100. The van der Waals surface area contributed by atoms with E-state index in [-0.39, 0.29) is 11.9 Å². The van der Waals surface area contributed by atoms with Gasteiger partial charge >= 0.3 is 0 Å². The number of amides is 1. The van der Waals surface area contributed by atoms with Gasteiger partial charge < -0.3 is 15.5 Å². The van der Waals surface area contributed by atoms with Crippen molar-refractivity contribution in [3.8, 4) is 5.75 Å². The van der Waals surface area contributed by atoms with Crippen LogP contribution in [-0.4, -0.2) is 27.6 Å². The number of aromatic nitrogens is 3. The molecule has 0 spiro atoms. The SMILES string of the molecule is COc1cc2c(cc1C1NNC=C1NC(=O)c1cnn3cccnc13)CCC2. The Hall–Kier alpha value is -3.39. The highest BCUT2D eigenvalue weighted by Crippen LogP contribution is 2.36. The number of rotatable bonds is 4. The summed E-state index contributed by atoms with van der Waals surface area (Å²) < 4.78 is 7.21. The molecule has 0 saturated carbocycles. The van der Waals surface area contributed by atoms with Crippen LogP contribution in [0.4, 0.5) is 0 Å². The van der Waals surface area contributed by atoms with E-state index in [1.54, 1.807) is 36.3 Å². The molecule has 1 unspecified atom stereocenters. The Morgan fingerprint density at radius 1 is 1.32 bits per heavy atom. The Labute approximate surface area is 161 Å². The van der Waals surface area contributed by atoms with Crippen molar-refractivity contribution in [2.24, 2.45) is 0 Å². The molecule has 2 aromatic heterocycles. The molecule has 0 radical (unpaired) electrons. The molecule has 8 heteroatoms. The van der Waals surface area contributed by atoms with E-state index in [9.17, 15) is 4.79 Å². The number of fused-ring (bicyclic) bond motifs is 2. The zero-order chi connectivity index (χ0) is 19.1. The van der Waals surface area contributed by atoms with Gasteiger partial charge in [0.15, 0.2) is 5.65 Å². The number of carbonyl (C=O) groups excluding carboxylic acids is 1. The number of ether oxygens (including phenoxy) is 1. The minimum atomic E-state index is -0.254. The zero-order valence-corrected chi connectivity index (χ0v) is 15.4. The van der Waals surface area contributed by atoms with Gasteiger partial charge in [-0.3, -0.25) is 4.79 Å². The monoisotopic (exact) mass is 376 g/mol. The van der Waals surface area contributed by atoms with Gasteiger partial charge in [-0.15, -0.1) is 0 Å². The molecule has 142 valence electrons. The predicted octanol–water partition coefficient (Wildman–Crippen LogP) is 1.65. The average molecular weight is 376 g/mol. The average Bonchev–Trinajstić information content (AvgIpc) is 3.45. The predicted molar refractivity (Wildman–Crippen MR) is 103 cm³/mol. The molecule has 1 aliphatic heterocycles. The fourth-order valence-electron chi connectivity index (χ4n) is 3.93. The molecule has 3 N–H and O–H groups in total. The largest absolute Gasteiger partial charge is 0.496 e. The third-order valence-electron chi connectivity index (χ3n) is 5.30. The Morgan fingerprint density at radius 2 is 2.18 bits per heavy atom. The molecule has 3 heterocycles. The fourth-order valence-corrected chi connectivity index (χ4v) is 3.93. The maximum atomic E-state index is 12.9. The van der Waals surface area contributed by atoms with Gasteiger partial charge in [-0.25, -0.2) is 14.9 Å². The summed E-state index contributed by atoms with van der Waals surface area (Å²) in [6, 6.07) is 5.85. The van der Waals surface area contributed by atoms with Gasteiger partial charge in [-0.05, 0) is 48.6 Å². The first-order valence-electron chi connectivity index (χ1n) is 9.25. The van der Waals surface area contributed by atoms with Gasteiger partial charge in [0, 0.05) is 24.2 Å². The quantitative estimate of drug-likeness (QED) is 0.641. The molecule has 1 aromatic carbocycles. The van der Waals surface area contributed by atoms with Gasteiger partial charge in [0.25, 0.3) is 5.91 Å². The van der Waals surface area contributed by atoms with Gasteiger partial charge in [0.2, 0.25) is 0 Å². The topological polar surface area (TPSA) is 92.6 Å². The number of aryl methyl sites for hydroxylation is 2.